The van der Waals surface area contributed by atoms with Gasteiger partial charge in [0.1, 0.15) is 11.2 Å². The predicted molar refractivity (Wildman–Crippen MR) is 99.1 cm³/mol. The number of hydrogen-bond donors (Lipinski definition) is 1. The van der Waals surface area contributed by atoms with Gasteiger partial charge in [-0.05, 0) is 31.0 Å². The van der Waals surface area contributed by atoms with Crippen LogP contribution in [0.2, 0.25) is 0 Å². The van der Waals surface area contributed by atoms with Gasteiger partial charge in [0, 0.05) is 12.3 Å². The first-order chi connectivity index (χ1) is 12.9. The van der Waals surface area contributed by atoms with Crippen LogP contribution in [0.5, 0.6) is 0 Å². The molecule has 1 aromatic carbocycles. The van der Waals surface area contributed by atoms with E-state index in [4.69, 9.17) is 0 Å². The third-order valence-corrected chi connectivity index (χ3v) is 4.81. The summed E-state index contributed by atoms with van der Waals surface area (Å²) in [5.41, 5.74) is 1.09. The number of carbonyl (C=O) groups excluding carboxylic acids is 2. The van der Waals surface area contributed by atoms with Crippen LogP contribution in [0.4, 0.5) is 4.79 Å². The molecule has 7 nitrogen and oxygen atoms in total. The number of aromatic nitrogens is 2. The Morgan fingerprint density at radius 3 is 2.56 bits per heavy atom. The summed E-state index contributed by atoms with van der Waals surface area (Å²) in [5, 5.41) is 2.75. The number of nitrogens with one attached hydrogen (secondary N) is 1. The average molecular weight is 362 g/mol. The Balaban J connectivity index is 1.68. The largest absolute Gasteiger partial charge is 0.325 e. The summed E-state index contributed by atoms with van der Waals surface area (Å²) < 4.78 is 1.44. The van der Waals surface area contributed by atoms with Crippen LogP contribution in [-0.4, -0.2) is 26.2 Å². The van der Waals surface area contributed by atoms with Crippen molar-refractivity contribution in [1.82, 2.24) is 19.6 Å². The zero-order chi connectivity index (χ0) is 19.2. The third-order valence-electron chi connectivity index (χ3n) is 4.81. The Kier molecular flexibility index (Phi) is 3.80. The van der Waals surface area contributed by atoms with Gasteiger partial charge in [0.25, 0.3) is 11.5 Å². The van der Waals surface area contributed by atoms with Crippen molar-refractivity contribution in [1.29, 1.82) is 0 Å². The second-order valence-corrected chi connectivity index (χ2v) is 6.83. The lowest BCUT2D eigenvalue weighted by molar-refractivity contribution is -0.131. The Morgan fingerprint density at radius 1 is 1.07 bits per heavy atom. The molecule has 1 unspecified atom stereocenters. The molecule has 1 N–H and O–H groups in total. The Hall–Kier alpha value is -3.48. The molecule has 1 fully saturated rings. The van der Waals surface area contributed by atoms with Gasteiger partial charge in [0.05, 0.1) is 12.2 Å². The highest BCUT2D eigenvalue weighted by molar-refractivity contribution is 6.07. The molecule has 136 valence electrons. The van der Waals surface area contributed by atoms with Crippen molar-refractivity contribution in [2.45, 2.75) is 25.9 Å². The monoisotopic (exact) mass is 362 g/mol. The molecule has 1 aliphatic rings. The normalized spacial score (nSPS) is 19.6. The number of benzene rings is 1. The molecule has 3 heterocycles. The Bertz CT molecular complexity index is 1120. The van der Waals surface area contributed by atoms with E-state index in [1.165, 1.54) is 10.5 Å². The molecule has 0 aliphatic carbocycles. The van der Waals surface area contributed by atoms with Crippen LogP contribution in [0, 0.1) is 6.92 Å². The first kappa shape index (κ1) is 17.0. The fourth-order valence-corrected chi connectivity index (χ4v) is 3.31. The standard InChI is InChI=1S/C20H18N4O3/c1-13-8-9-16-21-15(10-17(25)23(16)11-13)12-24-18(26)20(2,22-19(24)27)14-6-4-3-5-7-14/h3-11H,12H2,1-2H3,(H,22,27). The third kappa shape index (κ3) is 2.77. The van der Waals surface area contributed by atoms with E-state index < -0.39 is 11.6 Å². The number of hydrogen-bond acceptors (Lipinski definition) is 4. The zero-order valence-corrected chi connectivity index (χ0v) is 15.0. The molecule has 2 aromatic heterocycles. The first-order valence-corrected chi connectivity index (χ1v) is 8.57. The minimum absolute atomic E-state index is 0.0628. The topological polar surface area (TPSA) is 83.8 Å². The number of aryl methyl sites for hydroxylation is 1. The quantitative estimate of drug-likeness (QED) is 0.722. The molecule has 7 heteroatoms. The van der Waals surface area contributed by atoms with Gasteiger partial charge < -0.3 is 5.32 Å². The number of carbonyl (C=O) groups is 2. The highest BCUT2D eigenvalue weighted by Gasteiger charge is 2.48. The summed E-state index contributed by atoms with van der Waals surface area (Å²) in [6.07, 6.45) is 1.70. The maximum absolute atomic E-state index is 13.0. The maximum atomic E-state index is 13.0. The minimum atomic E-state index is -1.14. The fraction of sp³-hybridized carbons (Fsp3) is 0.200. The van der Waals surface area contributed by atoms with E-state index in [0.717, 1.165) is 10.5 Å². The summed E-state index contributed by atoms with van der Waals surface area (Å²) >= 11 is 0. The number of pyridine rings is 1. The molecule has 0 radical (unpaired) electrons. The number of urea groups is 1. The molecule has 0 bridgehead atoms. The lowest BCUT2D eigenvalue weighted by atomic mass is 9.92. The van der Waals surface area contributed by atoms with Crippen molar-refractivity contribution in [3.05, 3.63) is 81.9 Å². The van der Waals surface area contributed by atoms with E-state index in [1.54, 1.807) is 31.3 Å². The highest BCUT2D eigenvalue weighted by atomic mass is 16.2. The highest BCUT2D eigenvalue weighted by Crippen LogP contribution is 2.29. The van der Waals surface area contributed by atoms with E-state index >= 15 is 0 Å². The van der Waals surface area contributed by atoms with E-state index in [9.17, 15) is 14.4 Å². The minimum Gasteiger partial charge on any atom is -0.319 e. The van der Waals surface area contributed by atoms with Gasteiger partial charge in [-0.25, -0.2) is 9.78 Å². The second kappa shape index (κ2) is 6.05. The molecular formula is C20H18N4O3. The van der Waals surface area contributed by atoms with Gasteiger partial charge in [0.2, 0.25) is 0 Å². The Morgan fingerprint density at radius 2 is 1.81 bits per heavy atom. The van der Waals surface area contributed by atoms with Crippen LogP contribution in [0.25, 0.3) is 5.65 Å². The number of imide groups is 1. The van der Waals surface area contributed by atoms with E-state index in [2.05, 4.69) is 10.3 Å². The maximum Gasteiger partial charge on any atom is 0.325 e. The van der Waals surface area contributed by atoms with Gasteiger partial charge in [-0.1, -0.05) is 36.4 Å². The van der Waals surface area contributed by atoms with Crippen LogP contribution >= 0.6 is 0 Å². The molecule has 3 aromatic rings. The first-order valence-electron chi connectivity index (χ1n) is 8.57. The summed E-state index contributed by atoms with van der Waals surface area (Å²) in [6.45, 7) is 3.50. The van der Waals surface area contributed by atoms with Crippen molar-refractivity contribution in [3.63, 3.8) is 0 Å². The zero-order valence-electron chi connectivity index (χ0n) is 15.0. The fourth-order valence-electron chi connectivity index (χ4n) is 3.31. The molecule has 1 atom stereocenters. The number of fused-ring (bicyclic) bond motifs is 1. The molecule has 0 spiro atoms. The lowest BCUT2D eigenvalue weighted by Gasteiger charge is -2.22. The molecule has 27 heavy (non-hydrogen) atoms. The predicted octanol–water partition coefficient (Wildman–Crippen LogP) is 1.97. The van der Waals surface area contributed by atoms with Gasteiger partial charge >= 0.3 is 6.03 Å². The van der Waals surface area contributed by atoms with E-state index in [-0.39, 0.29) is 18.0 Å². The summed E-state index contributed by atoms with van der Waals surface area (Å²) in [7, 11) is 0. The van der Waals surface area contributed by atoms with Gasteiger partial charge in [-0.15, -0.1) is 0 Å². The summed E-state index contributed by atoms with van der Waals surface area (Å²) in [5.74, 6) is -0.371. The van der Waals surface area contributed by atoms with Crippen LogP contribution in [0.15, 0.2) is 59.5 Å². The summed E-state index contributed by atoms with van der Waals surface area (Å²) in [4.78, 5) is 43.3. The lowest BCUT2D eigenvalue weighted by Crippen LogP contribution is -2.40. The van der Waals surface area contributed by atoms with E-state index in [1.807, 2.05) is 31.2 Å². The number of rotatable bonds is 3. The van der Waals surface area contributed by atoms with Crippen molar-refractivity contribution in [3.8, 4) is 0 Å². The van der Waals surface area contributed by atoms with Crippen LogP contribution in [0.1, 0.15) is 23.7 Å². The van der Waals surface area contributed by atoms with Crippen molar-refractivity contribution in [2.24, 2.45) is 0 Å². The second-order valence-electron chi connectivity index (χ2n) is 6.83. The van der Waals surface area contributed by atoms with E-state index in [0.29, 0.717) is 16.9 Å². The molecule has 4 rings (SSSR count). The molecule has 1 aliphatic heterocycles. The SMILES string of the molecule is Cc1ccc2nc(CN3C(=O)NC(C)(c4ccccc4)C3=O)cc(=O)n2c1. The Labute approximate surface area is 155 Å². The van der Waals surface area contributed by atoms with Crippen molar-refractivity contribution in [2.75, 3.05) is 0 Å². The van der Waals surface area contributed by atoms with Crippen LogP contribution < -0.4 is 10.9 Å². The number of nitrogens with zero attached hydrogens (tertiary/aromatic N) is 3. The molecule has 0 saturated carbocycles. The average Bonchev–Trinajstić information content (AvgIpc) is 2.87. The van der Waals surface area contributed by atoms with Crippen LogP contribution in [-0.2, 0) is 16.9 Å². The molecule has 3 amide bonds. The molecule has 1 saturated heterocycles. The summed E-state index contributed by atoms with van der Waals surface area (Å²) in [6, 6.07) is 13.5. The van der Waals surface area contributed by atoms with Gasteiger partial charge in [0.15, 0.2) is 0 Å². The smallest absolute Gasteiger partial charge is 0.319 e. The molecular weight excluding hydrogens is 344 g/mol. The van der Waals surface area contributed by atoms with Gasteiger partial charge in [-0.3, -0.25) is 18.9 Å². The number of amides is 3. The van der Waals surface area contributed by atoms with Crippen molar-refractivity contribution < 1.29 is 9.59 Å². The van der Waals surface area contributed by atoms with Gasteiger partial charge in [-0.2, -0.15) is 0 Å². The van der Waals surface area contributed by atoms with Crippen LogP contribution in [0.3, 0.4) is 0 Å². The van der Waals surface area contributed by atoms with Crippen molar-refractivity contribution >= 4 is 17.6 Å².